The number of pyridine rings is 2. The zero-order chi connectivity index (χ0) is 28.0. The molecule has 1 aliphatic rings. The molecule has 0 bridgehead atoms. The topological polar surface area (TPSA) is 117 Å². The van der Waals surface area contributed by atoms with Crippen LogP contribution in [0.4, 0.5) is 0 Å². The summed E-state index contributed by atoms with van der Waals surface area (Å²) >= 11 is 0. The summed E-state index contributed by atoms with van der Waals surface area (Å²) in [5.41, 5.74) is 6.83. The van der Waals surface area contributed by atoms with Gasteiger partial charge in [-0.25, -0.2) is 9.97 Å². The lowest BCUT2D eigenvalue weighted by atomic mass is 9.75. The van der Waals surface area contributed by atoms with Gasteiger partial charge in [-0.05, 0) is 42.0 Å². The van der Waals surface area contributed by atoms with Gasteiger partial charge in [-0.15, -0.1) is 0 Å². The van der Waals surface area contributed by atoms with E-state index in [0.29, 0.717) is 48.8 Å². The van der Waals surface area contributed by atoms with Crippen LogP contribution in [0.15, 0.2) is 48.7 Å². The van der Waals surface area contributed by atoms with Crippen LogP contribution in [0.1, 0.15) is 37.4 Å². The Morgan fingerprint density at radius 2 is 2.05 bits per heavy atom. The summed E-state index contributed by atoms with van der Waals surface area (Å²) in [4.78, 5) is 21.3. The number of likely N-dealkylation sites (N-methyl/N-ethyl adjacent to an activating group) is 1. The van der Waals surface area contributed by atoms with E-state index in [2.05, 4.69) is 38.1 Å². The molecule has 3 heterocycles. The van der Waals surface area contributed by atoms with Crippen molar-refractivity contribution in [2.24, 2.45) is 5.73 Å². The highest BCUT2D eigenvalue weighted by Gasteiger charge is 2.57. The van der Waals surface area contributed by atoms with Crippen LogP contribution in [0.5, 0.6) is 11.8 Å². The number of aliphatic hydroxyl groups excluding tert-OH is 1. The fraction of sp³-hybridized carbons (Fsp3) is 0.500. The number of aryl methyl sites for hydroxylation is 1. The molecule has 1 unspecified atom stereocenters. The number of hydrogen-bond acceptors (Lipinski definition) is 7. The Bertz CT molecular complexity index is 1280. The number of unbranched alkanes of at least 4 members (excludes halogenated alkanes) is 1. The number of nitrogens with zero attached hydrogens (tertiary/aromatic N) is 3. The average molecular weight is 538 g/mol. The highest BCUT2D eigenvalue weighted by Crippen LogP contribution is 2.38. The van der Waals surface area contributed by atoms with Crippen LogP contribution in [0.25, 0.3) is 10.8 Å². The maximum Gasteiger partial charge on any atom is 0.249 e. The normalized spacial score (nSPS) is 21.6. The molecule has 3 N–H and O–H groups in total. The first-order valence-electron chi connectivity index (χ1n) is 13.6. The SMILES string of the molecule is CCCCc1cc2ccccc2c(OCC[N+](C)(C)[C@@]2(Cc3ccnc(OC)c3)CCOC(C(N)=O)[C@@H]2O)n1. The lowest BCUT2D eigenvalue weighted by Gasteiger charge is -2.54. The molecule has 9 nitrogen and oxygen atoms in total. The van der Waals surface area contributed by atoms with Crippen molar-refractivity contribution in [3.05, 3.63) is 59.9 Å². The largest absolute Gasteiger partial charge is 0.481 e. The van der Waals surface area contributed by atoms with E-state index in [1.54, 1.807) is 13.3 Å². The molecule has 1 aliphatic heterocycles. The van der Waals surface area contributed by atoms with Gasteiger partial charge in [0.05, 0.1) is 27.8 Å². The summed E-state index contributed by atoms with van der Waals surface area (Å²) < 4.78 is 17.7. The zero-order valence-corrected chi connectivity index (χ0v) is 23.4. The number of aliphatic hydroxyl groups is 1. The molecule has 1 aromatic carbocycles. The Morgan fingerprint density at radius 3 is 2.79 bits per heavy atom. The maximum absolute atomic E-state index is 12.2. The van der Waals surface area contributed by atoms with Gasteiger partial charge in [-0.1, -0.05) is 31.5 Å². The van der Waals surface area contributed by atoms with Crippen LogP contribution in [0.2, 0.25) is 0 Å². The molecule has 3 atom stereocenters. The molecule has 9 heteroatoms. The molecule has 3 aromatic rings. The fourth-order valence-electron chi connectivity index (χ4n) is 5.62. The Labute approximate surface area is 230 Å². The Balaban J connectivity index is 1.61. The summed E-state index contributed by atoms with van der Waals surface area (Å²) in [6.45, 7) is 3.41. The number of primary amides is 1. The van der Waals surface area contributed by atoms with Gasteiger partial charge in [0, 0.05) is 36.2 Å². The number of amides is 1. The third-order valence-electron chi connectivity index (χ3n) is 8.11. The van der Waals surface area contributed by atoms with Crippen molar-refractivity contribution in [2.75, 3.05) is 41.0 Å². The zero-order valence-electron chi connectivity index (χ0n) is 23.4. The molecule has 1 fully saturated rings. The first-order valence-corrected chi connectivity index (χ1v) is 13.6. The van der Waals surface area contributed by atoms with Gasteiger partial charge < -0.3 is 29.5 Å². The first kappa shape index (κ1) is 28.7. The van der Waals surface area contributed by atoms with Gasteiger partial charge in [0.1, 0.15) is 24.8 Å². The van der Waals surface area contributed by atoms with E-state index in [0.717, 1.165) is 41.3 Å². The molecule has 0 radical (unpaired) electrons. The minimum absolute atomic E-state index is 0.307. The van der Waals surface area contributed by atoms with E-state index < -0.39 is 23.7 Å². The molecule has 39 heavy (non-hydrogen) atoms. The number of benzene rings is 1. The van der Waals surface area contributed by atoms with Crippen molar-refractivity contribution in [1.82, 2.24) is 9.97 Å². The Morgan fingerprint density at radius 1 is 1.26 bits per heavy atom. The number of methoxy groups -OCH3 is 1. The van der Waals surface area contributed by atoms with E-state index >= 15 is 0 Å². The Hall–Kier alpha value is -3.27. The van der Waals surface area contributed by atoms with E-state index in [-0.39, 0.29) is 0 Å². The van der Waals surface area contributed by atoms with Crippen LogP contribution in [0.3, 0.4) is 0 Å². The van der Waals surface area contributed by atoms with Crippen molar-refractivity contribution < 1.29 is 28.6 Å². The highest BCUT2D eigenvalue weighted by molar-refractivity contribution is 5.87. The van der Waals surface area contributed by atoms with Crippen molar-refractivity contribution >= 4 is 16.7 Å². The number of ether oxygens (including phenoxy) is 3. The van der Waals surface area contributed by atoms with Crippen molar-refractivity contribution in [3.63, 3.8) is 0 Å². The van der Waals surface area contributed by atoms with Crippen molar-refractivity contribution in [1.29, 1.82) is 0 Å². The quantitative estimate of drug-likeness (QED) is 0.341. The number of quaternary nitrogens is 1. The molecule has 1 saturated heterocycles. The number of carbonyl (C=O) groups is 1. The molecule has 0 saturated carbocycles. The van der Waals surface area contributed by atoms with Gasteiger partial charge in [-0.2, -0.15) is 0 Å². The third kappa shape index (κ3) is 6.16. The molecule has 2 aromatic heterocycles. The predicted molar refractivity (Wildman–Crippen MR) is 150 cm³/mol. The number of hydrogen-bond donors (Lipinski definition) is 2. The molecule has 4 rings (SSSR count). The predicted octanol–water partition coefficient (Wildman–Crippen LogP) is 3.05. The molecule has 210 valence electrons. The van der Waals surface area contributed by atoms with E-state index in [9.17, 15) is 9.90 Å². The Kier molecular flexibility index (Phi) is 9.04. The van der Waals surface area contributed by atoms with Crippen LogP contribution in [-0.2, 0) is 22.4 Å². The third-order valence-corrected chi connectivity index (χ3v) is 8.11. The van der Waals surface area contributed by atoms with Crippen LogP contribution in [-0.4, -0.2) is 84.2 Å². The van der Waals surface area contributed by atoms with Crippen LogP contribution in [0, 0.1) is 0 Å². The van der Waals surface area contributed by atoms with Crippen molar-refractivity contribution in [3.8, 4) is 11.8 Å². The second kappa shape index (κ2) is 12.3. The van der Waals surface area contributed by atoms with E-state index in [1.807, 2.05) is 30.3 Å². The molecular weight excluding hydrogens is 496 g/mol. The van der Waals surface area contributed by atoms with Gasteiger partial charge in [0.15, 0.2) is 6.10 Å². The maximum atomic E-state index is 12.2. The van der Waals surface area contributed by atoms with Gasteiger partial charge >= 0.3 is 0 Å². The second-order valence-corrected chi connectivity index (χ2v) is 10.9. The number of rotatable bonds is 12. The molecule has 0 spiro atoms. The van der Waals surface area contributed by atoms with E-state index in [1.165, 1.54) is 0 Å². The van der Waals surface area contributed by atoms with Crippen molar-refractivity contribution in [2.45, 2.75) is 56.8 Å². The summed E-state index contributed by atoms with van der Waals surface area (Å²) in [6, 6.07) is 14.0. The average Bonchev–Trinajstić information content (AvgIpc) is 2.92. The van der Waals surface area contributed by atoms with Gasteiger partial charge in [0.25, 0.3) is 0 Å². The first-order chi connectivity index (χ1) is 18.7. The molecule has 0 aliphatic carbocycles. The number of fused-ring (bicyclic) bond motifs is 1. The van der Waals surface area contributed by atoms with Gasteiger partial charge in [0.2, 0.25) is 17.7 Å². The molecular formula is C30H41N4O5+. The summed E-state index contributed by atoms with van der Waals surface area (Å²) in [7, 11) is 5.68. The monoisotopic (exact) mass is 537 g/mol. The minimum atomic E-state index is -1.12. The minimum Gasteiger partial charge on any atom is -0.481 e. The number of carbonyl (C=O) groups excluding carboxylic acids is 1. The van der Waals surface area contributed by atoms with Crippen LogP contribution >= 0.6 is 0 Å². The lowest BCUT2D eigenvalue weighted by molar-refractivity contribution is -0.948. The highest BCUT2D eigenvalue weighted by atomic mass is 16.5. The van der Waals surface area contributed by atoms with Gasteiger partial charge in [-0.3, -0.25) is 4.79 Å². The standard InChI is InChI=1S/C30H40N4O5/c1-5-6-10-23-19-22-9-7-8-11-24(22)29(33-23)39-17-15-34(2,3)30(13-16-38-26(27(30)35)28(31)36)20-21-12-14-32-25(18-21)37-4/h7-9,11-12,14,18-19,26-27,35H,5-6,10,13,15-17,20H2,1-4H3,(H-,31,36)/p+1/t26?,27-,30+/m0/s1. The fourth-order valence-corrected chi connectivity index (χ4v) is 5.62. The number of nitrogens with two attached hydrogens (primary N) is 1. The number of aromatic nitrogens is 2. The van der Waals surface area contributed by atoms with E-state index in [4.69, 9.17) is 24.9 Å². The smallest absolute Gasteiger partial charge is 0.249 e. The van der Waals surface area contributed by atoms with Crippen LogP contribution < -0.4 is 15.2 Å². The summed E-state index contributed by atoms with van der Waals surface area (Å²) in [6.07, 6.45) is 3.54. The molecule has 1 amide bonds. The summed E-state index contributed by atoms with van der Waals surface area (Å²) in [5, 5.41) is 13.7. The lowest BCUT2D eigenvalue weighted by Crippen LogP contribution is -2.73. The second-order valence-electron chi connectivity index (χ2n) is 10.9. The summed E-state index contributed by atoms with van der Waals surface area (Å²) in [5.74, 6) is 0.439.